The normalized spacial score (nSPS) is 12.8. The number of phenolic OH excluding ortho intramolecular Hbond substituents is 1. The van der Waals surface area contributed by atoms with Crippen molar-refractivity contribution in [2.75, 3.05) is 0 Å². The summed E-state index contributed by atoms with van der Waals surface area (Å²) in [5.41, 5.74) is 6.71. The monoisotopic (exact) mass is 243 g/mol. The average molecular weight is 244 g/mol. The van der Waals surface area contributed by atoms with Gasteiger partial charge in [0.15, 0.2) is 0 Å². The van der Waals surface area contributed by atoms with Gasteiger partial charge in [0.2, 0.25) is 0 Å². The predicted octanol–water partition coefficient (Wildman–Crippen LogP) is 2.95. The topological polar surface area (TPSA) is 46.2 Å². The average Bonchev–Trinajstić information content (AvgIpc) is 2.10. The van der Waals surface area contributed by atoms with Crippen LogP contribution in [0.5, 0.6) is 5.75 Å². The van der Waals surface area contributed by atoms with E-state index in [1.165, 1.54) is 0 Å². The van der Waals surface area contributed by atoms with Crippen molar-refractivity contribution < 1.29 is 5.11 Å². The van der Waals surface area contributed by atoms with Crippen LogP contribution < -0.4 is 5.73 Å². The van der Waals surface area contributed by atoms with Crippen molar-refractivity contribution in [2.24, 2.45) is 5.73 Å². The number of phenols is 1. The van der Waals surface area contributed by atoms with E-state index in [2.05, 4.69) is 22.9 Å². The molecule has 0 bridgehead atoms. The smallest absolute Gasteiger partial charge is 0.134 e. The molecule has 0 aromatic heterocycles. The van der Waals surface area contributed by atoms with E-state index in [1.54, 1.807) is 6.07 Å². The van der Waals surface area contributed by atoms with Gasteiger partial charge in [-0.3, -0.25) is 0 Å². The third-order valence-corrected chi connectivity index (χ3v) is 2.66. The second-order valence-corrected chi connectivity index (χ2v) is 3.93. The molecule has 0 amide bonds. The lowest BCUT2D eigenvalue weighted by Gasteiger charge is -2.13. The molecule has 13 heavy (non-hydrogen) atoms. The number of hydrogen-bond donors (Lipinski definition) is 2. The van der Waals surface area contributed by atoms with Crippen molar-refractivity contribution >= 4 is 15.9 Å². The summed E-state index contributed by atoms with van der Waals surface area (Å²) in [6.45, 7) is 2.08. The summed E-state index contributed by atoms with van der Waals surface area (Å²) in [4.78, 5) is 0. The van der Waals surface area contributed by atoms with E-state index in [9.17, 15) is 5.11 Å². The van der Waals surface area contributed by atoms with Crippen LogP contribution in [-0.4, -0.2) is 5.11 Å². The largest absolute Gasteiger partial charge is 0.506 e. The molecule has 3 N–H and O–H groups in total. The highest BCUT2D eigenvalue weighted by Crippen LogP contribution is 2.32. The quantitative estimate of drug-likeness (QED) is 0.858. The van der Waals surface area contributed by atoms with Crippen molar-refractivity contribution in [1.82, 2.24) is 0 Å². The van der Waals surface area contributed by atoms with Crippen LogP contribution in [0.3, 0.4) is 0 Å². The highest BCUT2D eigenvalue weighted by Gasteiger charge is 2.11. The number of nitrogens with two attached hydrogens (primary N) is 1. The van der Waals surface area contributed by atoms with Gasteiger partial charge in [-0.25, -0.2) is 0 Å². The van der Waals surface area contributed by atoms with Gasteiger partial charge in [0.1, 0.15) is 5.75 Å². The summed E-state index contributed by atoms with van der Waals surface area (Å²) in [5.74, 6) is 0.267. The Kier molecular flexibility index (Phi) is 3.75. The lowest BCUT2D eigenvalue weighted by molar-refractivity contribution is 0.454. The number of para-hydroxylation sites is 1. The molecule has 0 saturated carbocycles. The molecule has 0 aliphatic carbocycles. The number of halogens is 1. The van der Waals surface area contributed by atoms with Crippen LogP contribution in [0.4, 0.5) is 0 Å². The second-order valence-electron chi connectivity index (χ2n) is 3.07. The molecule has 0 saturated heterocycles. The summed E-state index contributed by atoms with van der Waals surface area (Å²) in [5, 5.41) is 9.67. The third kappa shape index (κ3) is 2.45. The molecule has 0 radical (unpaired) electrons. The van der Waals surface area contributed by atoms with Gasteiger partial charge in [-0.15, -0.1) is 0 Å². The Labute approximate surface area is 86.9 Å². The van der Waals surface area contributed by atoms with Gasteiger partial charge in [-0.05, 0) is 28.4 Å². The Morgan fingerprint density at radius 1 is 1.54 bits per heavy atom. The minimum absolute atomic E-state index is 0.0671. The van der Waals surface area contributed by atoms with E-state index in [0.29, 0.717) is 4.47 Å². The molecule has 0 aliphatic rings. The number of benzene rings is 1. The number of rotatable bonds is 3. The summed E-state index contributed by atoms with van der Waals surface area (Å²) in [6, 6.07) is 5.48. The molecule has 3 heteroatoms. The number of hydrogen-bond acceptors (Lipinski definition) is 2. The molecule has 1 atom stereocenters. The minimum Gasteiger partial charge on any atom is -0.506 e. The highest BCUT2D eigenvalue weighted by atomic mass is 79.9. The zero-order chi connectivity index (χ0) is 9.84. The molecule has 0 aliphatic heterocycles. The Morgan fingerprint density at radius 3 is 2.85 bits per heavy atom. The van der Waals surface area contributed by atoms with Crippen molar-refractivity contribution in [1.29, 1.82) is 0 Å². The van der Waals surface area contributed by atoms with E-state index < -0.39 is 0 Å². The van der Waals surface area contributed by atoms with Crippen molar-refractivity contribution in [3.63, 3.8) is 0 Å². The molecule has 0 fully saturated rings. The van der Waals surface area contributed by atoms with Crippen molar-refractivity contribution in [2.45, 2.75) is 25.8 Å². The maximum Gasteiger partial charge on any atom is 0.134 e. The molecular formula is C10H14BrNO. The van der Waals surface area contributed by atoms with Crippen LogP contribution in [0.1, 0.15) is 31.4 Å². The zero-order valence-electron chi connectivity index (χ0n) is 7.63. The molecule has 1 aromatic rings. The lowest BCUT2D eigenvalue weighted by atomic mass is 10.0. The molecule has 0 heterocycles. The van der Waals surface area contributed by atoms with Gasteiger partial charge in [-0.2, -0.15) is 0 Å². The molecule has 72 valence electrons. The van der Waals surface area contributed by atoms with E-state index in [4.69, 9.17) is 5.73 Å². The second kappa shape index (κ2) is 4.63. The van der Waals surface area contributed by atoms with Crippen LogP contribution in [0.15, 0.2) is 22.7 Å². The highest BCUT2D eigenvalue weighted by molar-refractivity contribution is 9.10. The Morgan fingerprint density at radius 2 is 2.23 bits per heavy atom. The summed E-state index contributed by atoms with van der Waals surface area (Å²) in [7, 11) is 0. The first-order valence-corrected chi connectivity index (χ1v) is 5.19. The fourth-order valence-corrected chi connectivity index (χ4v) is 1.68. The van der Waals surface area contributed by atoms with Gasteiger partial charge >= 0.3 is 0 Å². The first-order chi connectivity index (χ1) is 6.16. The van der Waals surface area contributed by atoms with Gasteiger partial charge in [0.25, 0.3) is 0 Å². The maximum absolute atomic E-state index is 9.67. The van der Waals surface area contributed by atoms with Gasteiger partial charge in [0, 0.05) is 11.6 Å². The van der Waals surface area contributed by atoms with Crippen molar-refractivity contribution in [3.05, 3.63) is 28.2 Å². The molecule has 0 spiro atoms. The van der Waals surface area contributed by atoms with Crippen LogP contribution in [0, 0.1) is 0 Å². The van der Waals surface area contributed by atoms with E-state index in [1.807, 2.05) is 12.1 Å². The first-order valence-electron chi connectivity index (χ1n) is 4.39. The first kappa shape index (κ1) is 10.5. The van der Waals surface area contributed by atoms with Crippen LogP contribution >= 0.6 is 15.9 Å². The maximum atomic E-state index is 9.67. The van der Waals surface area contributed by atoms with Crippen LogP contribution in [0.25, 0.3) is 0 Å². The molecule has 1 unspecified atom stereocenters. The van der Waals surface area contributed by atoms with E-state index in [-0.39, 0.29) is 11.8 Å². The Hall–Kier alpha value is -0.540. The molecule has 2 nitrogen and oxygen atoms in total. The standard InChI is InChI=1S/C10H14BrNO/c1-2-4-9(12)7-5-3-6-8(11)10(7)13/h3,5-6,9,13H,2,4,12H2,1H3. The van der Waals surface area contributed by atoms with Crippen molar-refractivity contribution in [3.8, 4) is 5.75 Å². The molecular weight excluding hydrogens is 230 g/mol. The van der Waals surface area contributed by atoms with Crippen LogP contribution in [-0.2, 0) is 0 Å². The summed E-state index contributed by atoms with van der Waals surface area (Å²) < 4.78 is 0.705. The Balaban J connectivity index is 2.93. The summed E-state index contributed by atoms with van der Waals surface area (Å²) in [6.07, 6.45) is 1.91. The molecule has 1 rings (SSSR count). The van der Waals surface area contributed by atoms with Gasteiger partial charge in [0.05, 0.1) is 4.47 Å². The van der Waals surface area contributed by atoms with E-state index in [0.717, 1.165) is 18.4 Å². The fraction of sp³-hybridized carbons (Fsp3) is 0.400. The zero-order valence-corrected chi connectivity index (χ0v) is 9.21. The SMILES string of the molecule is CCCC(N)c1cccc(Br)c1O. The lowest BCUT2D eigenvalue weighted by Crippen LogP contribution is -2.09. The van der Waals surface area contributed by atoms with Gasteiger partial charge in [-0.1, -0.05) is 25.5 Å². The third-order valence-electron chi connectivity index (χ3n) is 2.02. The van der Waals surface area contributed by atoms with E-state index >= 15 is 0 Å². The fourth-order valence-electron chi connectivity index (χ4n) is 1.30. The van der Waals surface area contributed by atoms with Gasteiger partial charge < -0.3 is 10.8 Å². The number of aromatic hydroxyl groups is 1. The van der Waals surface area contributed by atoms with Crippen LogP contribution in [0.2, 0.25) is 0 Å². The Bertz CT molecular complexity index is 288. The predicted molar refractivity (Wildman–Crippen MR) is 57.6 cm³/mol. The minimum atomic E-state index is -0.0671. The molecule has 1 aromatic carbocycles. The summed E-state index contributed by atoms with van der Waals surface area (Å²) >= 11 is 3.26.